The number of amides is 1. The van der Waals surface area contributed by atoms with Crippen LogP contribution in [-0.4, -0.2) is 22.0 Å². The van der Waals surface area contributed by atoms with Gasteiger partial charge in [-0.2, -0.15) is 0 Å². The molecule has 0 spiro atoms. The zero-order valence-corrected chi connectivity index (χ0v) is 19.1. The van der Waals surface area contributed by atoms with Gasteiger partial charge in [-0.1, -0.05) is 41.9 Å². The SMILES string of the molecule is C/C(=C\c1ccccc1)C(=O)Nc1ccc(-c2ccc(-c3csc(CC(=O)O)n3)o2)c(Cl)c1. The van der Waals surface area contributed by atoms with Crippen LogP contribution in [0.2, 0.25) is 5.02 Å². The summed E-state index contributed by atoms with van der Waals surface area (Å²) in [7, 11) is 0. The summed E-state index contributed by atoms with van der Waals surface area (Å²) in [6, 6.07) is 18.3. The smallest absolute Gasteiger partial charge is 0.310 e. The van der Waals surface area contributed by atoms with E-state index in [1.165, 1.54) is 11.3 Å². The molecule has 2 aromatic carbocycles. The van der Waals surface area contributed by atoms with Crippen LogP contribution in [0.3, 0.4) is 0 Å². The Morgan fingerprint density at radius 2 is 1.88 bits per heavy atom. The minimum Gasteiger partial charge on any atom is -0.481 e. The van der Waals surface area contributed by atoms with Crippen LogP contribution in [0.25, 0.3) is 28.9 Å². The number of halogens is 1. The van der Waals surface area contributed by atoms with Crippen molar-refractivity contribution < 1.29 is 19.1 Å². The van der Waals surface area contributed by atoms with Crippen LogP contribution in [0.15, 0.2) is 76.0 Å². The Morgan fingerprint density at radius 1 is 1.12 bits per heavy atom. The molecule has 1 amide bonds. The zero-order chi connectivity index (χ0) is 23.4. The quantitative estimate of drug-likeness (QED) is 0.300. The lowest BCUT2D eigenvalue weighted by atomic mass is 10.1. The highest BCUT2D eigenvalue weighted by Crippen LogP contribution is 2.34. The summed E-state index contributed by atoms with van der Waals surface area (Å²) in [6.45, 7) is 1.75. The molecule has 4 aromatic rings. The average molecular weight is 479 g/mol. The van der Waals surface area contributed by atoms with Gasteiger partial charge in [-0.3, -0.25) is 9.59 Å². The first-order valence-electron chi connectivity index (χ1n) is 10.00. The van der Waals surface area contributed by atoms with Crippen LogP contribution >= 0.6 is 22.9 Å². The third kappa shape index (κ3) is 5.58. The molecule has 0 bridgehead atoms. The first-order chi connectivity index (χ1) is 15.9. The summed E-state index contributed by atoms with van der Waals surface area (Å²) in [6.07, 6.45) is 1.69. The normalized spacial score (nSPS) is 11.4. The molecule has 2 heterocycles. The number of carbonyl (C=O) groups excluding carboxylic acids is 1. The lowest BCUT2D eigenvalue weighted by Crippen LogP contribution is -2.12. The number of aromatic nitrogens is 1. The molecular formula is C25H19ClN2O4S. The van der Waals surface area contributed by atoms with Gasteiger partial charge in [0.2, 0.25) is 0 Å². The summed E-state index contributed by atoms with van der Waals surface area (Å²) >= 11 is 7.74. The van der Waals surface area contributed by atoms with Crippen LogP contribution in [0, 0.1) is 0 Å². The van der Waals surface area contributed by atoms with Crippen molar-refractivity contribution in [1.82, 2.24) is 4.98 Å². The van der Waals surface area contributed by atoms with Crippen LogP contribution in [0.4, 0.5) is 5.69 Å². The van der Waals surface area contributed by atoms with Crippen LogP contribution in [0.1, 0.15) is 17.5 Å². The summed E-state index contributed by atoms with van der Waals surface area (Å²) in [5.41, 5.74) is 3.32. The van der Waals surface area contributed by atoms with E-state index >= 15 is 0 Å². The number of furan rings is 1. The molecule has 2 N–H and O–H groups in total. The maximum Gasteiger partial charge on any atom is 0.310 e. The maximum absolute atomic E-state index is 12.5. The second-order valence-electron chi connectivity index (χ2n) is 7.25. The second kappa shape index (κ2) is 9.85. The number of carbonyl (C=O) groups is 2. The van der Waals surface area contributed by atoms with E-state index in [-0.39, 0.29) is 12.3 Å². The van der Waals surface area contributed by atoms with E-state index in [2.05, 4.69) is 10.3 Å². The van der Waals surface area contributed by atoms with Crippen molar-refractivity contribution in [1.29, 1.82) is 0 Å². The summed E-state index contributed by atoms with van der Waals surface area (Å²) in [5, 5.41) is 14.4. The van der Waals surface area contributed by atoms with Gasteiger partial charge >= 0.3 is 5.97 Å². The molecule has 0 aliphatic rings. The van der Waals surface area contributed by atoms with Crippen LogP contribution in [0.5, 0.6) is 0 Å². The average Bonchev–Trinajstić information content (AvgIpc) is 3.44. The van der Waals surface area contributed by atoms with Crippen LogP contribution in [-0.2, 0) is 16.0 Å². The second-order valence-corrected chi connectivity index (χ2v) is 8.60. The highest BCUT2D eigenvalue weighted by molar-refractivity contribution is 7.10. The van der Waals surface area contributed by atoms with E-state index in [1.54, 1.807) is 42.6 Å². The van der Waals surface area contributed by atoms with Gasteiger partial charge < -0.3 is 14.8 Å². The fourth-order valence-electron chi connectivity index (χ4n) is 3.14. The fourth-order valence-corrected chi connectivity index (χ4v) is 4.19. The maximum atomic E-state index is 12.5. The van der Waals surface area contributed by atoms with Gasteiger partial charge in [-0.05, 0) is 48.9 Å². The Labute approximate surface area is 199 Å². The predicted molar refractivity (Wildman–Crippen MR) is 130 cm³/mol. The molecule has 0 aliphatic carbocycles. The monoisotopic (exact) mass is 478 g/mol. The Morgan fingerprint density at radius 3 is 2.61 bits per heavy atom. The number of hydrogen-bond acceptors (Lipinski definition) is 5. The molecule has 0 unspecified atom stereocenters. The number of carboxylic acids is 1. The lowest BCUT2D eigenvalue weighted by Gasteiger charge is -2.08. The third-order valence-corrected chi connectivity index (χ3v) is 5.91. The predicted octanol–water partition coefficient (Wildman–Crippen LogP) is 6.39. The standard InChI is InChI=1S/C25H19ClN2O4S/c1-15(11-16-5-3-2-4-6-16)25(31)27-17-7-8-18(19(26)12-17)21-9-10-22(32-21)20-14-33-23(28-20)13-24(29)30/h2-12,14H,13H2,1H3,(H,27,31)(H,29,30)/b15-11+. The number of nitrogens with zero attached hydrogens (tertiary/aromatic N) is 1. The van der Waals surface area contributed by atoms with E-state index in [9.17, 15) is 9.59 Å². The number of aliphatic carboxylic acids is 1. The van der Waals surface area contributed by atoms with Crippen molar-refractivity contribution >= 4 is 46.6 Å². The lowest BCUT2D eigenvalue weighted by molar-refractivity contribution is -0.136. The van der Waals surface area contributed by atoms with Crippen molar-refractivity contribution in [3.63, 3.8) is 0 Å². The van der Waals surface area contributed by atoms with E-state index in [1.807, 2.05) is 36.4 Å². The van der Waals surface area contributed by atoms with E-state index in [0.717, 1.165) is 5.56 Å². The highest BCUT2D eigenvalue weighted by Gasteiger charge is 2.14. The first-order valence-corrected chi connectivity index (χ1v) is 11.3. The largest absolute Gasteiger partial charge is 0.481 e. The number of carboxylic acid groups (broad SMARTS) is 1. The molecule has 0 radical (unpaired) electrons. The fraction of sp³-hybridized carbons (Fsp3) is 0.0800. The molecule has 0 saturated carbocycles. The van der Waals surface area contributed by atoms with Gasteiger partial charge in [0.25, 0.3) is 5.91 Å². The van der Waals surface area contributed by atoms with E-state index < -0.39 is 5.97 Å². The third-order valence-electron chi connectivity index (χ3n) is 4.75. The number of thiazole rings is 1. The Balaban J connectivity index is 1.48. The molecule has 8 heteroatoms. The molecule has 0 aliphatic heterocycles. The van der Waals surface area contributed by atoms with E-state index in [4.69, 9.17) is 21.1 Å². The number of nitrogens with one attached hydrogen (secondary N) is 1. The minimum atomic E-state index is -0.930. The van der Waals surface area contributed by atoms with Crippen molar-refractivity contribution in [2.24, 2.45) is 0 Å². The summed E-state index contributed by atoms with van der Waals surface area (Å²) in [4.78, 5) is 27.7. The van der Waals surface area contributed by atoms with Crippen molar-refractivity contribution in [2.45, 2.75) is 13.3 Å². The van der Waals surface area contributed by atoms with Gasteiger partial charge in [0.1, 0.15) is 16.5 Å². The van der Waals surface area contributed by atoms with Gasteiger partial charge in [-0.25, -0.2) is 4.98 Å². The molecular weight excluding hydrogens is 460 g/mol. The summed E-state index contributed by atoms with van der Waals surface area (Å²) < 4.78 is 5.90. The van der Waals surface area contributed by atoms with Crippen LogP contribution < -0.4 is 5.32 Å². The molecule has 6 nitrogen and oxygen atoms in total. The Hall–Kier alpha value is -3.68. The topological polar surface area (TPSA) is 92.4 Å². The molecule has 0 saturated heterocycles. The zero-order valence-electron chi connectivity index (χ0n) is 17.5. The van der Waals surface area contributed by atoms with Crippen molar-refractivity contribution in [3.05, 3.63) is 87.2 Å². The van der Waals surface area contributed by atoms with Gasteiger partial charge in [0.05, 0.1) is 11.4 Å². The number of hydrogen-bond donors (Lipinski definition) is 2. The molecule has 0 atom stereocenters. The Bertz CT molecular complexity index is 1340. The summed E-state index contributed by atoms with van der Waals surface area (Å²) in [5.74, 6) is -0.0850. The van der Waals surface area contributed by atoms with Gasteiger partial charge in [-0.15, -0.1) is 11.3 Å². The van der Waals surface area contributed by atoms with E-state index in [0.29, 0.717) is 44.1 Å². The first kappa shape index (κ1) is 22.5. The molecule has 0 fully saturated rings. The minimum absolute atomic E-state index is 0.128. The molecule has 2 aromatic heterocycles. The molecule has 4 rings (SSSR count). The van der Waals surface area contributed by atoms with Crippen molar-refractivity contribution in [2.75, 3.05) is 5.32 Å². The number of rotatable bonds is 7. The highest BCUT2D eigenvalue weighted by atomic mass is 35.5. The molecule has 166 valence electrons. The Kier molecular flexibility index (Phi) is 6.72. The number of benzene rings is 2. The van der Waals surface area contributed by atoms with Gasteiger partial charge in [0.15, 0.2) is 5.76 Å². The van der Waals surface area contributed by atoms with Crippen molar-refractivity contribution in [3.8, 4) is 22.8 Å². The molecule has 33 heavy (non-hydrogen) atoms. The van der Waals surface area contributed by atoms with Gasteiger partial charge in [0, 0.05) is 22.2 Å². The number of anilines is 1.